The number of aryl methyl sites for hydroxylation is 1. The summed E-state index contributed by atoms with van der Waals surface area (Å²) >= 11 is 1.28. The minimum Gasteiger partial charge on any atom is -0.483 e. The monoisotopic (exact) mass is 297 g/mol. The van der Waals surface area contributed by atoms with Crippen LogP contribution in [0.2, 0.25) is 0 Å². The van der Waals surface area contributed by atoms with E-state index in [-0.39, 0.29) is 11.0 Å². The Kier molecular flexibility index (Phi) is 3.00. The summed E-state index contributed by atoms with van der Waals surface area (Å²) in [6.45, 7) is 0. The van der Waals surface area contributed by atoms with Gasteiger partial charge < -0.3 is 4.74 Å². The van der Waals surface area contributed by atoms with Crippen LogP contribution in [0.1, 0.15) is 23.1 Å². The lowest BCUT2D eigenvalue weighted by Gasteiger charge is -2.24. The summed E-state index contributed by atoms with van der Waals surface area (Å²) in [5.41, 5.74) is 0.980. The van der Waals surface area contributed by atoms with Crippen molar-refractivity contribution >= 4 is 21.6 Å². The number of aromatic nitrogens is 2. The minimum atomic E-state index is -3.71. The Bertz CT molecular complexity index is 698. The number of nitrogens with two attached hydrogens (primary N) is 1. The first-order chi connectivity index (χ1) is 9.04. The van der Waals surface area contributed by atoms with Gasteiger partial charge in [-0.05, 0) is 36.0 Å². The number of hydrogen-bond acceptors (Lipinski definition) is 6. The van der Waals surface area contributed by atoms with Crippen molar-refractivity contribution in [2.75, 3.05) is 0 Å². The lowest BCUT2D eigenvalue weighted by Crippen LogP contribution is -2.17. The van der Waals surface area contributed by atoms with Gasteiger partial charge in [0.05, 0.1) is 4.90 Å². The van der Waals surface area contributed by atoms with E-state index in [1.54, 1.807) is 6.07 Å². The van der Waals surface area contributed by atoms with Crippen molar-refractivity contribution in [1.29, 1.82) is 0 Å². The largest absolute Gasteiger partial charge is 0.483 e. The zero-order valence-corrected chi connectivity index (χ0v) is 11.4. The van der Waals surface area contributed by atoms with E-state index in [4.69, 9.17) is 9.88 Å². The maximum absolute atomic E-state index is 11.3. The fourth-order valence-corrected chi connectivity index (χ4v) is 3.13. The maximum Gasteiger partial charge on any atom is 0.238 e. The third-order valence-corrected chi connectivity index (χ3v) is 4.63. The zero-order valence-electron chi connectivity index (χ0n) is 9.81. The first-order valence-corrected chi connectivity index (χ1v) is 7.95. The van der Waals surface area contributed by atoms with Crippen LogP contribution in [-0.2, 0) is 16.4 Å². The van der Waals surface area contributed by atoms with E-state index >= 15 is 0 Å². The average molecular weight is 297 g/mol. The van der Waals surface area contributed by atoms with Gasteiger partial charge in [-0.15, -0.1) is 0 Å². The van der Waals surface area contributed by atoms with E-state index in [1.807, 2.05) is 0 Å². The molecule has 0 spiro atoms. The Morgan fingerprint density at radius 2 is 2.26 bits per heavy atom. The third-order valence-electron chi connectivity index (χ3n) is 2.97. The third kappa shape index (κ3) is 2.46. The molecule has 0 amide bonds. The molecule has 0 fully saturated rings. The molecule has 3 rings (SSSR count). The van der Waals surface area contributed by atoms with Crippen LogP contribution in [-0.4, -0.2) is 17.8 Å². The summed E-state index contributed by atoms with van der Waals surface area (Å²) in [6.07, 6.45) is 2.93. The van der Waals surface area contributed by atoms with Gasteiger partial charge in [-0.2, -0.15) is 4.37 Å². The maximum atomic E-state index is 11.3. The minimum absolute atomic E-state index is 0.0594. The predicted molar refractivity (Wildman–Crippen MR) is 69.4 cm³/mol. The molecule has 0 bridgehead atoms. The Morgan fingerprint density at radius 3 is 2.95 bits per heavy atom. The molecule has 2 N–H and O–H groups in total. The molecular weight excluding hydrogens is 286 g/mol. The summed E-state index contributed by atoms with van der Waals surface area (Å²) in [6, 6.07) is 4.71. The quantitative estimate of drug-likeness (QED) is 0.900. The standard InChI is InChI=1S/C11H11N3O3S2/c12-19(15,16)8-3-1-7-2-4-9(17-10(7)5-8)11-13-6-14-18-11/h1,3,5-6,9H,2,4H2,(H2,12,15,16). The van der Waals surface area contributed by atoms with Crippen molar-refractivity contribution in [2.45, 2.75) is 23.8 Å². The SMILES string of the molecule is NS(=O)(=O)c1ccc2c(c1)OC(c1ncns1)CC2. The van der Waals surface area contributed by atoms with E-state index in [0.717, 1.165) is 23.4 Å². The number of nitrogens with zero attached hydrogens (tertiary/aromatic N) is 2. The molecule has 1 atom stereocenters. The summed E-state index contributed by atoms with van der Waals surface area (Å²) in [5.74, 6) is 0.554. The molecule has 0 saturated heterocycles. The van der Waals surface area contributed by atoms with Gasteiger partial charge in [-0.3, -0.25) is 0 Å². The highest BCUT2D eigenvalue weighted by atomic mass is 32.2. The molecule has 2 heterocycles. The Labute approximate surface area is 114 Å². The van der Waals surface area contributed by atoms with Crippen LogP contribution in [0.25, 0.3) is 0 Å². The number of sulfonamides is 1. The molecule has 1 unspecified atom stereocenters. The van der Waals surface area contributed by atoms with Crippen LogP contribution in [0.4, 0.5) is 0 Å². The van der Waals surface area contributed by atoms with E-state index < -0.39 is 10.0 Å². The van der Waals surface area contributed by atoms with Gasteiger partial charge in [0, 0.05) is 6.07 Å². The first-order valence-electron chi connectivity index (χ1n) is 5.63. The molecular formula is C11H11N3O3S2. The average Bonchev–Trinajstić information content (AvgIpc) is 2.90. The number of fused-ring (bicyclic) bond motifs is 1. The van der Waals surface area contributed by atoms with Crippen molar-refractivity contribution in [1.82, 2.24) is 9.36 Å². The molecule has 0 saturated carbocycles. The number of primary sulfonamides is 1. The van der Waals surface area contributed by atoms with Crippen LogP contribution in [0.5, 0.6) is 5.75 Å². The number of hydrogen-bond donors (Lipinski definition) is 1. The molecule has 19 heavy (non-hydrogen) atoms. The lowest BCUT2D eigenvalue weighted by atomic mass is 10.0. The topological polar surface area (TPSA) is 95.2 Å². The second kappa shape index (κ2) is 4.55. The molecule has 100 valence electrons. The van der Waals surface area contributed by atoms with Gasteiger partial charge in [0.25, 0.3) is 0 Å². The normalized spacial score (nSPS) is 18.7. The van der Waals surface area contributed by atoms with Crippen molar-refractivity contribution in [3.8, 4) is 5.75 Å². The Hall–Kier alpha value is -1.51. The van der Waals surface area contributed by atoms with Crippen molar-refractivity contribution < 1.29 is 13.2 Å². The highest BCUT2D eigenvalue weighted by Gasteiger charge is 2.24. The second-order valence-electron chi connectivity index (χ2n) is 4.24. The second-order valence-corrected chi connectivity index (χ2v) is 6.61. The lowest BCUT2D eigenvalue weighted by molar-refractivity contribution is 0.175. The van der Waals surface area contributed by atoms with Crippen LogP contribution < -0.4 is 9.88 Å². The van der Waals surface area contributed by atoms with E-state index in [1.165, 1.54) is 30.0 Å². The van der Waals surface area contributed by atoms with Gasteiger partial charge >= 0.3 is 0 Å². The van der Waals surface area contributed by atoms with Gasteiger partial charge in [-0.1, -0.05) is 6.07 Å². The van der Waals surface area contributed by atoms with Crippen LogP contribution in [0.3, 0.4) is 0 Å². The summed E-state index contributed by atoms with van der Waals surface area (Å²) < 4.78 is 32.4. The summed E-state index contributed by atoms with van der Waals surface area (Å²) in [4.78, 5) is 4.18. The van der Waals surface area contributed by atoms with Gasteiger partial charge in [0.15, 0.2) is 11.1 Å². The Balaban J connectivity index is 1.95. The molecule has 8 heteroatoms. The number of rotatable bonds is 2. The van der Waals surface area contributed by atoms with Gasteiger partial charge in [0.2, 0.25) is 10.0 Å². The Morgan fingerprint density at radius 1 is 1.42 bits per heavy atom. The molecule has 1 aromatic heterocycles. The number of ether oxygens (including phenoxy) is 1. The molecule has 2 aromatic rings. The van der Waals surface area contributed by atoms with Gasteiger partial charge in [0.1, 0.15) is 12.1 Å². The van der Waals surface area contributed by atoms with Crippen molar-refractivity contribution in [3.63, 3.8) is 0 Å². The fraction of sp³-hybridized carbons (Fsp3) is 0.273. The van der Waals surface area contributed by atoms with Gasteiger partial charge in [-0.25, -0.2) is 18.5 Å². The summed E-state index contributed by atoms with van der Waals surface area (Å²) in [7, 11) is -3.71. The molecule has 0 aliphatic carbocycles. The van der Waals surface area contributed by atoms with E-state index in [2.05, 4.69) is 9.36 Å². The smallest absolute Gasteiger partial charge is 0.238 e. The van der Waals surface area contributed by atoms with Crippen molar-refractivity contribution in [3.05, 3.63) is 35.1 Å². The predicted octanol–water partition coefficient (Wildman–Crippen LogP) is 1.25. The van der Waals surface area contributed by atoms with E-state index in [9.17, 15) is 8.42 Å². The first kappa shape index (κ1) is 12.5. The molecule has 1 aliphatic rings. The van der Waals surface area contributed by atoms with Crippen LogP contribution >= 0.6 is 11.5 Å². The highest BCUT2D eigenvalue weighted by molar-refractivity contribution is 7.89. The summed E-state index contributed by atoms with van der Waals surface area (Å²) in [5, 5.41) is 5.91. The molecule has 1 aliphatic heterocycles. The highest BCUT2D eigenvalue weighted by Crippen LogP contribution is 2.36. The zero-order chi connectivity index (χ0) is 13.5. The van der Waals surface area contributed by atoms with Crippen LogP contribution in [0.15, 0.2) is 29.4 Å². The fourth-order valence-electron chi connectivity index (χ4n) is 2.02. The molecule has 6 nitrogen and oxygen atoms in total. The van der Waals surface area contributed by atoms with Crippen LogP contribution in [0, 0.1) is 0 Å². The molecule has 0 radical (unpaired) electrons. The van der Waals surface area contributed by atoms with Crippen molar-refractivity contribution in [2.24, 2.45) is 5.14 Å². The number of benzene rings is 1. The van der Waals surface area contributed by atoms with E-state index in [0.29, 0.717) is 5.75 Å². The molecule has 1 aromatic carbocycles.